The van der Waals surface area contributed by atoms with Gasteiger partial charge < -0.3 is 28.6 Å². The highest BCUT2D eigenvalue weighted by Gasteiger charge is 2.29. The van der Waals surface area contributed by atoms with Crippen LogP contribution in [0.3, 0.4) is 0 Å². The minimum Gasteiger partial charge on any atom is -0.466 e. The molecule has 0 amide bonds. The first-order valence-corrected chi connectivity index (χ1v) is 26.0. The molecule has 0 aliphatic heterocycles. The zero-order chi connectivity index (χ0) is 46.8. The number of esters is 5. The predicted octanol–water partition coefficient (Wildman–Crippen LogP) is 13.1. The van der Waals surface area contributed by atoms with Crippen molar-refractivity contribution in [1.29, 1.82) is 0 Å². The number of rotatable bonds is 45. The van der Waals surface area contributed by atoms with Crippen molar-refractivity contribution in [2.24, 2.45) is 0 Å². The molecule has 0 N–H and O–H groups in total. The van der Waals surface area contributed by atoms with Crippen LogP contribution in [0.4, 0.5) is 0 Å². The molecule has 0 aliphatic rings. The van der Waals surface area contributed by atoms with Crippen LogP contribution in [0.5, 0.6) is 0 Å². The maximum Gasteiger partial charge on any atom is 0.348 e. The smallest absolute Gasteiger partial charge is 0.348 e. The summed E-state index contributed by atoms with van der Waals surface area (Å²) in [7, 11) is 3.69. The third-order valence-corrected chi connectivity index (χ3v) is 11.9. The Morgan fingerprint density at radius 2 is 0.762 bits per heavy atom. The summed E-state index contributed by atoms with van der Waals surface area (Å²) in [5.74, 6) is -2.40. The number of ether oxygens (including phenoxy) is 5. The number of unbranched alkanes of at least 4 members (excludes halogenated alkanes) is 20. The van der Waals surface area contributed by atoms with E-state index in [1.54, 1.807) is 0 Å². The van der Waals surface area contributed by atoms with Crippen LogP contribution in [0, 0.1) is 0 Å². The van der Waals surface area contributed by atoms with E-state index in [0.717, 1.165) is 57.8 Å². The van der Waals surface area contributed by atoms with Gasteiger partial charge in [0.2, 0.25) is 6.10 Å². The molecule has 0 radical (unpaired) electrons. The van der Waals surface area contributed by atoms with Gasteiger partial charge in [-0.1, -0.05) is 130 Å². The summed E-state index contributed by atoms with van der Waals surface area (Å²) in [6, 6.07) is -0.131. The molecule has 0 aromatic rings. The van der Waals surface area contributed by atoms with E-state index in [1.165, 1.54) is 96.3 Å². The van der Waals surface area contributed by atoms with E-state index in [-0.39, 0.29) is 49.8 Å². The SMILES string of the molecule is CCCCCCCCC(CCCCCC)OC(=O)CCCCCOC(=O)CC(OC(=O)CC(C)N(C)C)C(=O)OCCCCCC(=O)OC(CCCCCC)CCCCCCCC. The molecule has 0 saturated carbocycles. The first kappa shape index (κ1) is 60.3. The second kappa shape index (κ2) is 43.2. The summed E-state index contributed by atoms with van der Waals surface area (Å²) in [6.07, 6.45) is 29.9. The molecule has 0 aliphatic carbocycles. The normalized spacial score (nSPS) is 13.3. The fourth-order valence-electron chi connectivity index (χ4n) is 7.48. The monoisotopic (exact) mass is 896 g/mol. The Hall–Kier alpha value is -2.69. The summed E-state index contributed by atoms with van der Waals surface area (Å²) < 4.78 is 28.2. The first-order chi connectivity index (χ1) is 30.5. The average molecular weight is 896 g/mol. The van der Waals surface area contributed by atoms with E-state index in [1.807, 2.05) is 25.9 Å². The van der Waals surface area contributed by atoms with Gasteiger partial charge in [0.1, 0.15) is 12.2 Å². The number of nitrogens with zero attached hydrogens (tertiary/aromatic N) is 1. The van der Waals surface area contributed by atoms with Crippen molar-refractivity contribution in [2.75, 3.05) is 27.3 Å². The van der Waals surface area contributed by atoms with E-state index in [4.69, 9.17) is 23.7 Å². The van der Waals surface area contributed by atoms with Crippen LogP contribution in [0.15, 0.2) is 0 Å². The quantitative estimate of drug-likeness (QED) is 0.0328. The van der Waals surface area contributed by atoms with Crippen LogP contribution in [0.2, 0.25) is 0 Å². The summed E-state index contributed by atoms with van der Waals surface area (Å²) in [5, 5.41) is 0. The second-order valence-corrected chi connectivity index (χ2v) is 18.2. The molecule has 0 spiro atoms. The van der Waals surface area contributed by atoms with Crippen molar-refractivity contribution < 1.29 is 47.7 Å². The summed E-state index contributed by atoms with van der Waals surface area (Å²) in [5.41, 5.74) is 0. The number of carbonyl (C=O) groups is 5. The molecule has 0 fully saturated rings. The molecule has 0 aromatic heterocycles. The highest BCUT2D eigenvalue weighted by Crippen LogP contribution is 2.20. The molecule has 0 bridgehead atoms. The molecule has 370 valence electrons. The van der Waals surface area contributed by atoms with Crippen molar-refractivity contribution in [1.82, 2.24) is 4.90 Å². The van der Waals surface area contributed by atoms with Crippen LogP contribution < -0.4 is 0 Å². The molecule has 0 rings (SSSR count). The van der Waals surface area contributed by atoms with Gasteiger partial charge in [-0.15, -0.1) is 0 Å². The van der Waals surface area contributed by atoms with Crippen molar-refractivity contribution in [3.8, 4) is 0 Å². The lowest BCUT2D eigenvalue weighted by atomic mass is 10.0. The van der Waals surface area contributed by atoms with Gasteiger partial charge in [-0.2, -0.15) is 0 Å². The van der Waals surface area contributed by atoms with Crippen LogP contribution in [-0.4, -0.2) is 86.4 Å². The first-order valence-electron chi connectivity index (χ1n) is 26.0. The third-order valence-electron chi connectivity index (χ3n) is 11.9. The fraction of sp³-hybridized carbons (Fsp3) is 0.904. The Labute approximate surface area is 385 Å². The maximum absolute atomic E-state index is 13.1. The molecule has 0 heterocycles. The van der Waals surface area contributed by atoms with Gasteiger partial charge in [0, 0.05) is 18.9 Å². The zero-order valence-corrected chi connectivity index (χ0v) is 41.8. The lowest BCUT2D eigenvalue weighted by molar-refractivity contribution is -0.172. The minimum atomic E-state index is -1.42. The van der Waals surface area contributed by atoms with Crippen molar-refractivity contribution >= 4 is 29.8 Å². The van der Waals surface area contributed by atoms with Crippen LogP contribution in [0.25, 0.3) is 0 Å². The van der Waals surface area contributed by atoms with Gasteiger partial charge >= 0.3 is 29.8 Å². The molecule has 4 atom stereocenters. The van der Waals surface area contributed by atoms with Crippen LogP contribution in [0.1, 0.15) is 253 Å². The molecule has 0 saturated heterocycles. The highest BCUT2D eigenvalue weighted by atomic mass is 16.6. The lowest BCUT2D eigenvalue weighted by Crippen LogP contribution is -2.35. The molecule has 11 heteroatoms. The zero-order valence-electron chi connectivity index (χ0n) is 41.8. The third kappa shape index (κ3) is 38.3. The van der Waals surface area contributed by atoms with Gasteiger partial charge in [-0.05, 0) is 111 Å². The Bertz CT molecular complexity index is 1130. The number of hydrogen-bond donors (Lipinski definition) is 0. The Balaban J connectivity index is 4.82. The van der Waals surface area contributed by atoms with E-state index in [9.17, 15) is 24.0 Å². The van der Waals surface area contributed by atoms with E-state index < -0.39 is 30.4 Å². The standard InChI is InChI=1S/C52H97NO10/c1-8-12-16-20-22-28-36-45(34-26-18-14-10-3)61-48(54)38-30-24-32-40-59-50(56)43-47(63-51(57)42-44(5)53(6)7)52(58)60-41-33-25-31-39-49(55)62-46(35-27-19-15-11-4)37-29-23-21-17-13-9-2/h44-47H,8-43H2,1-7H3. The topological polar surface area (TPSA) is 135 Å². The lowest BCUT2D eigenvalue weighted by Gasteiger charge is -2.21. The van der Waals surface area contributed by atoms with Gasteiger partial charge in [0.15, 0.2) is 0 Å². The van der Waals surface area contributed by atoms with Crippen molar-refractivity contribution in [2.45, 2.75) is 277 Å². The van der Waals surface area contributed by atoms with Crippen LogP contribution in [-0.2, 0) is 47.7 Å². The van der Waals surface area contributed by atoms with Gasteiger partial charge in [0.25, 0.3) is 0 Å². The van der Waals surface area contributed by atoms with Gasteiger partial charge in [-0.25, -0.2) is 4.79 Å². The second-order valence-electron chi connectivity index (χ2n) is 18.2. The molecule has 11 nitrogen and oxygen atoms in total. The van der Waals surface area contributed by atoms with Gasteiger partial charge in [0.05, 0.1) is 26.1 Å². The van der Waals surface area contributed by atoms with E-state index in [0.29, 0.717) is 51.4 Å². The largest absolute Gasteiger partial charge is 0.466 e. The van der Waals surface area contributed by atoms with E-state index in [2.05, 4.69) is 27.7 Å². The summed E-state index contributed by atoms with van der Waals surface area (Å²) in [4.78, 5) is 66.0. The predicted molar refractivity (Wildman–Crippen MR) is 254 cm³/mol. The summed E-state index contributed by atoms with van der Waals surface area (Å²) in [6.45, 7) is 10.9. The fourth-order valence-corrected chi connectivity index (χ4v) is 7.48. The molecule has 63 heavy (non-hydrogen) atoms. The Morgan fingerprint density at radius 3 is 1.17 bits per heavy atom. The molecule has 0 aromatic carbocycles. The molecular formula is C52H97NO10. The summed E-state index contributed by atoms with van der Waals surface area (Å²) >= 11 is 0. The maximum atomic E-state index is 13.1. The number of hydrogen-bond acceptors (Lipinski definition) is 11. The van der Waals surface area contributed by atoms with Crippen molar-refractivity contribution in [3.63, 3.8) is 0 Å². The average Bonchev–Trinajstić information content (AvgIpc) is 3.25. The highest BCUT2D eigenvalue weighted by molar-refractivity contribution is 5.84. The van der Waals surface area contributed by atoms with E-state index >= 15 is 0 Å². The minimum absolute atomic E-state index is 0.0145. The Kier molecular flexibility index (Phi) is 41.4. The van der Waals surface area contributed by atoms with Crippen LogP contribution >= 0.6 is 0 Å². The number of carbonyl (C=O) groups excluding carboxylic acids is 5. The van der Waals surface area contributed by atoms with Crippen molar-refractivity contribution in [3.05, 3.63) is 0 Å². The molecule has 4 unspecified atom stereocenters. The molecular weight excluding hydrogens is 799 g/mol. The Morgan fingerprint density at radius 1 is 0.397 bits per heavy atom. The van der Waals surface area contributed by atoms with Gasteiger partial charge in [-0.3, -0.25) is 19.2 Å².